The number of ether oxygens (including phenoxy) is 2. The Morgan fingerprint density at radius 3 is 2.61 bits per heavy atom. The first-order valence-electron chi connectivity index (χ1n) is 14.3. The van der Waals surface area contributed by atoms with E-state index in [0.29, 0.717) is 37.7 Å². The second kappa shape index (κ2) is 13.4. The summed E-state index contributed by atoms with van der Waals surface area (Å²) >= 11 is 0. The van der Waals surface area contributed by atoms with Crippen LogP contribution in [0.15, 0.2) is 35.1 Å². The maximum absolute atomic E-state index is 15.0. The van der Waals surface area contributed by atoms with Gasteiger partial charge in [-0.3, -0.25) is 0 Å². The second-order valence-corrected chi connectivity index (χ2v) is 16.8. The Balaban J connectivity index is 1.36. The van der Waals surface area contributed by atoms with Crippen molar-refractivity contribution in [3.05, 3.63) is 59.3 Å². The highest BCUT2D eigenvalue weighted by Gasteiger charge is 2.36. The Kier molecular flexibility index (Phi) is 10.2. The van der Waals surface area contributed by atoms with Crippen molar-refractivity contribution in [1.29, 1.82) is 0 Å². The first kappa shape index (κ1) is 31.1. The number of rotatable bonds is 10. The van der Waals surface area contributed by atoms with Crippen molar-refractivity contribution in [2.75, 3.05) is 13.2 Å². The van der Waals surface area contributed by atoms with E-state index in [1.807, 2.05) is 11.5 Å². The lowest BCUT2D eigenvalue weighted by atomic mass is 10.1. The van der Waals surface area contributed by atoms with Gasteiger partial charge in [0.05, 0.1) is 12.1 Å². The maximum Gasteiger partial charge on any atom is 0.191 e. The van der Waals surface area contributed by atoms with E-state index in [1.54, 1.807) is 12.4 Å². The van der Waals surface area contributed by atoms with Crippen molar-refractivity contribution < 1.29 is 27.2 Å². The smallest absolute Gasteiger partial charge is 0.191 e. The van der Waals surface area contributed by atoms with Gasteiger partial charge in [-0.15, -0.1) is 0 Å². The van der Waals surface area contributed by atoms with Crippen molar-refractivity contribution in [2.24, 2.45) is 0 Å². The summed E-state index contributed by atoms with van der Waals surface area (Å²) in [5.41, 5.74) is 0.504. The average Bonchev–Trinajstić information content (AvgIpc) is 3.56. The van der Waals surface area contributed by atoms with Gasteiger partial charge in [-0.25, -0.2) is 13.8 Å². The molecule has 0 N–H and O–H groups in total. The molecule has 1 saturated heterocycles. The molecule has 2 atom stereocenters. The molecule has 0 amide bonds. The lowest BCUT2D eigenvalue weighted by Gasteiger charge is -2.36. The van der Waals surface area contributed by atoms with Crippen molar-refractivity contribution in [3.63, 3.8) is 0 Å². The van der Waals surface area contributed by atoms with Crippen LogP contribution in [0.3, 0.4) is 0 Å². The molecule has 0 spiro atoms. The number of nitrogens with zero attached hydrogens (tertiary/aromatic N) is 3. The fourth-order valence-electron chi connectivity index (χ4n) is 4.35. The summed E-state index contributed by atoms with van der Waals surface area (Å²) in [4.78, 5) is 4.43. The molecule has 7 nitrogen and oxygen atoms in total. The minimum atomic E-state index is -1.79. The molecule has 0 saturated carbocycles. The van der Waals surface area contributed by atoms with Crippen molar-refractivity contribution in [1.82, 2.24) is 14.7 Å². The summed E-state index contributed by atoms with van der Waals surface area (Å²) in [6, 6.07) is 3.98. The van der Waals surface area contributed by atoms with E-state index in [1.165, 1.54) is 18.2 Å². The number of benzene rings is 1. The predicted octanol–water partition coefficient (Wildman–Crippen LogP) is 7.62. The van der Waals surface area contributed by atoms with Gasteiger partial charge in [0.1, 0.15) is 29.3 Å². The zero-order valence-electron chi connectivity index (χ0n) is 24.9. The number of halogens is 2. The van der Waals surface area contributed by atoms with Crippen LogP contribution in [0.2, 0.25) is 18.1 Å². The van der Waals surface area contributed by atoms with Gasteiger partial charge < -0.3 is 23.0 Å². The summed E-state index contributed by atoms with van der Waals surface area (Å²) in [5, 5.41) is 4.19. The van der Waals surface area contributed by atoms with E-state index in [4.69, 9.17) is 18.4 Å². The summed E-state index contributed by atoms with van der Waals surface area (Å²) in [7, 11) is -1.79. The van der Waals surface area contributed by atoms with Gasteiger partial charge in [0.25, 0.3) is 0 Å². The van der Waals surface area contributed by atoms with Crippen LogP contribution in [0.4, 0.5) is 8.78 Å². The van der Waals surface area contributed by atoms with Crippen molar-refractivity contribution >= 4 is 8.32 Å². The van der Waals surface area contributed by atoms with Crippen LogP contribution in [0.25, 0.3) is 11.3 Å². The summed E-state index contributed by atoms with van der Waals surface area (Å²) in [5.74, 6) is 5.07. The van der Waals surface area contributed by atoms with Crippen LogP contribution in [0.1, 0.15) is 83.0 Å². The second-order valence-electron chi connectivity index (χ2n) is 12.0. The molecule has 3 aromatic rings. The summed E-state index contributed by atoms with van der Waals surface area (Å²) in [6.07, 6.45) is 7.25. The zero-order valence-corrected chi connectivity index (χ0v) is 25.9. The van der Waals surface area contributed by atoms with Gasteiger partial charge >= 0.3 is 0 Å². The van der Waals surface area contributed by atoms with Gasteiger partial charge in [0.2, 0.25) is 0 Å². The molecule has 3 heterocycles. The quantitative estimate of drug-likeness (QED) is 0.138. The standard InChI is InChI=1S/C31H41F2N3O4Si/c1-22(39-28-13-9-11-16-37-28)30-34-14-15-36(30)21-24-20-27(40-35-24)29-25(32)18-23(19-26(29)33)12-8-7-10-17-38-41(5,6)31(2,3)4/h14-15,18-20,22,28H,7,9-11,13,16-17,21H2,1-6H3. The number of aromatic nitrogens is 3. The Bertz CT molecular complexity index is 1340. The van der Waals surface area contributed by atoms with Crippen LogP contribution < -0.4 is 0 Å². The van der Waals surface area contributed by atoms with E-state index >= 15 is 0 Å². The van der Waals surface area contributed by atoms with E-state index in [9.17, 15) is 8.78 Å². The minimum absolute atomic E-state index is 0.0128. The van der Waals surface area contributed by atoms with Gasteiger partial charge in [0.15, 0.2) is 20.4 Å². The summed E-state index contributed by atoms with van der Waals surface area (Å²) < 4.78 is 55.1. The molecular weight excluding hydrogens is 544 g/mol. The highest BCUT2D eigenvalue weighted by atomic mass is 28.4. The van der Waals surface area contributed by atoms with Crippen LogP contribution in [0.5, 0.6) is 0 Å². The van der Waals surface area contributed by atoms with Gasteiger partial charge in [0, 0.05) is 43.7 Å². The molecular formula is C31H41F2N3O4Si. The van der Waals surface area contributed by atoms with E-state index in [-0.39, 0.29) is 34.3 Å². The zero-order chi connectivity index (χ0) is 29.6. The van der Waals surface area contributed by atoms with Crippen LogP contribution >= 0.6 is 0 Å². The Morgan fingerprint density at radius 2 is 1.93 bits per heavy atom. The minimum Gasteiger partial charge on any atom is -0.417 e. The van der Waals surface area contributed by atoms with E-state index in [2.05, 4.69) is 55.8 Å². The number of imidazole rings is 1. The largest absolute Gasteiger partial charge is 0.417 e. The fraction of sp³-hybridized carbons (Fsp3) is 0.548. The lowest BCUT2D eigenvalue weighted by Crippen LogP contribution is -2.40. The third-order valence-corrected chi connectivity index (χ3v) is 12.3. The SMILES string of the molecule is CC(OC1CCCCO1)c1nccn1Cc1cc(-c2c(F)cc(C#CCCCO[Si](C)(C)C(C)(C)C)cc2F)on1. The van der Waals surface area contributed by atoms with Crippen LogP contribution in [0, 0.1) is 23.5 Å². The highest BCUT2D eigenvalue weighted by molar-refractivity contribution is 6.74. The van der Waals surface area contributed by atoms with Crippen molar-refractivity contribution in [3.8, 4) is 23.2 Å². The maximum atomic E-state index is 15.0. The first-order chi connectivity index (χ1) is 19.4. The molecule has 222 valence electrons. The monoisotopic (exact) mass is 585 g/mol. The Hall–Kier alpha value is -2.84. The normalized spacial score (nSPS) is 16.8. The molecule has 0 radical (unpaired) electrons. The predicted molar refractivity (Wildman–Crippen MR) is 156 cm³/mol. The molecule has 2 aromatic heterocycles. The number of hydrogen-bond donors (Lipinski definition) is 0. The third kappa shape index (κ3) is 8.13. The highest BCUT2D eigenvalue weighted by Crippen LogP contribution is 2.36. The van der Waals surface area contributed by atoms with Gasteiger partial charge in [-0.2, -0.15) is 0 Å². The molecule has 1 aliphatic heterocycles. The number of hydrogen-bond acceptors (Lipinski definition) is 6. The van der Waals surface area contributed by atoms with Gasteiger partial charge in [-0.05, 0) is 62.9 Å². The Labute approximate surface area is 242 Å². The van der Waals surface area contributed by atoms with Crippen molar-refractivity contribution in [2.45, 2.75) is 96.9 Å². The third-order valence-electron chi connectivity index (χ3n) is 7.73. The lowest BCUT2D eigenvalue weighted by molar-refractivity contribution is -0.188. The van der Waals surface area contributed by atoms with Crippen LogP contribution in [-0.2, 0) is 20.4 Å². The first-order valence-corrected chi connectivity index (χ1v) is 17.2. The van der Waals surface area contributed by atoms with E-state index < -0.39 is 20.0 Å². The molecule has 1 fully saturated rings. The number of unbranched alkanes of at least 4 members (excludes halogenated alkanes) is 1. The topological polar surface area (TPSA) is 71.5 Å². The molecule has 4 rings (SSSR count). The molecule has 10 heteroatoms. The fourth-order valence-corrected chi connectivity index (χ4v) is 5.44. The summed E-state index contributed by atoms with van der Waals surface area (Å²) in [6.45, 7) is 14.6. The molecule has 2 unspecified atom stereocenters. The average molecular weight is 586 g/mol. The molecule has 41 heavy (non-hydrogen) atoms. The molecule has 1 aliphatic rings. The Morgan fingerprint density at radius 1 is 1.17 bits per heavy atom. The van der Waals surface area contributed by atoms with Crippen LogP contribution in [-0.4, -0.2) is 42.5 Å². The molecule has 0 aliphatic carbocycles. The molecule has 1 aromatic carbocycles. The van der Waals surface area contributed by atoms with Gasteiger partial charge in [-0.1, -0.05) is 37.8 Å². The van der Waals surface area contributed by atoms with E-state index in [0.717, 1.165) is 25.7 Å². The molecule has 0 bridgehead atoms.